The minimum absolute atomic E-state index is 0.0432. The molecule has 8 atom stereocenters. The van der Waals surface area contributed by atoms with Gasteiger partial charge in [0, 0.05) is 19.3 Å². The molecule has 6 heteroatoms. The lowest BCUT2D eigenvalue weighted by molar-refractivity contribution is -0.220. The van der Waals surface area contributed by atoms with Crippen molar-refractivity contribution >= 4 is 11.9 Å². The fourth-order valence-corrected chi connectivity index (χ4v) is 8.38. The van der Waals surface area contributed by atoms with Crippen LogP contribution < -0.4 is 0 Å². The summed E-state index contributed by atoms with van der Waals surface area (Å²) in [7, 11) is 0. The maximum absolute atomic E-state index is 11.5. The third-order valence-electron chi connectivity index (χ3n) is 10.0. The van der Waals surface area contributed by atoms with E-state index in [1.165, 1.54) is 13.8 Å². The third kappa shape index (κ3) is 3.04. The van der Waals surface area contributed by atoms with E-state index in [9.17, 15) is 19.8 Å². The molecule has 0 radical (unpaired) electrons. The summed E-state index contributed by atoms with van der Waals surface area (Å²) in [6.45, 7) is 7.70. The van der Waals surface area contributed by atoms with E-state index in [-0.39, 0.29) is 47.8 Å². The van der Waals surface area contributed by atoms with Crippen molar-refractivity contribution in [2.45, 2.75) is 90.8 Å². The van der Waals surface area contributed by atoms with E-state index in [0.29, 0.717) is 12.3 Å². The number of esters is 2. The van der Waals surface area contributed by atoms with E-state index in [4.69, 9.17) is 9.47 Å². The van der Waals surface area contributed by atoms with E-state index in [1.807, 2.05) is 0 Å². The van der Waals surface area contributed by atoms with E-state index in [2.05, 4.69) is 13.8 Å². The molecule has 0 aliphatic heterocycles. The molecule has 2 bridgehead atoms. The molecule has 0 heterocycles. The zero-order valence-electron chi connectivity index (χ0n) is 18.9. The Balaban J connectivity index is 1.63. The molecule has 0 aromatic rings. The molecule has 170 valence electrons. The molecule has 0 amide bonds. The van der Waals surface area contributed by atoms with Gasteiger partial charge < -0.3 is 19.7 Å². The highest BCUT2D eigenvalue weighted by molar-refractivity contribution is 5.66. The Hall–Kier alpha value is -1.14. The summed E-state index contributed by atoms with van der Waals surface area (Å²) in [6.07, 6.45) is 6.87. The lowest BCUT2D eigenvalue weighted by atomic mass is 9.39. The molecule has 2 N–H and O–H groups in total. The summed E-state index contributed by atoms with van der Waals surface area (Å²) < 4.78 is 10.7. The van der Waals surface area contributed by atoms with Gasteiger partial charge in [-0.1, -0.05) is 13.8 Å². The summed E-state index contributed by atoms with van der Waals surface area (Å²) in [4.78, 5) is 22.9. The van der Waals surface area contributed by atoms with Crippen LogP contribution in [0, 0.1) is 34.0 Å². The summed E-state index contributed by atoms with van der Waals surface area (Å²) in [5.74, 6) is 0.356. The minimum atomic E-state index is -0.921. The molecule has 1 spiro atoms. The van der Waals surface area contributed by atoms with Gasteiger partial charge in [0.2, 0.25) is 0 Å². The van der Waals surface area contributed by atoms with Gasteiger partial charge in [0.1, 0.15) is 12.2 Å². The molecule has 0 saturated heterocycles. The highest BCUT2D eigenvalue weighted by atomic mass is 16.5. The average Bonchev–Trinajstić information content (AvgIpc) is 3.03. The Bertz CT molecular complexity index is 722. The number of fused-ring (bicyclic) bond motifs is 2. The molecule has 4 saturated carbocycles. The van der Waals surface area contributed by atoms with Gasteiger partial charge in [-0.25, -0.2) is 0 Å². The van der Waals surface area contributed by atoms with Gasteiger partial charge in [0.15, 0.2) is 0 Å². The zero-order valence-corrected chi connectivity index (χ0v) is 18.9. The molecule has 0 aromatic carbocycles. The highest BCUT2D eigenvalue weighted by Gasteiger charge is 2.70. The number of ether oxygens (including phenoxy) is 2. The molecule has 4 fully saturated rings. The molecular formula is C24H38O6. The van der Waals surface area contributed by atoms with Gasteiger partial charge in [-0.05, 0) is 80.0 Å². The van der Waals surface area contributed by atoms with Crippen molar-refractivity contribution in [3.63, 3.8) is 0 Å². The number of aliphatic hydroxyl groups is 2. The van der Waals surface area contributed by atoms with Crippen LogP contribution in [0.2, 0.25) is 0 Å². The highest BCUT2D eigenvalue weighted by Crippen LogP contribution is 2.75. The third-order valence-corrected chi connectivity index (χ3v) is 10.0. The molecule has 30 heavy (non-hydrogen) atoms. The van der Waals surface area contributed by atoms with Crippen molar-refractivity contribution in [1.29, 1.82) is 0 Å². The van der Waals surface area contributed by atoms with Crippen molar-refractivity contribution in [2.75, 3.05) is 13.2 Å². The molecular weight excluding hydrogens is 384 g/mol. The van der Waals surface area contributed by atoms with Gasteiger partial charge in [-0.15, -0.1) is 0 Å². The molecule has 4 rings (SSSR count). The second kappa shape index (κ2) is 7.19. The molecule has 4 aliphatic rings. The van der Waals surface area contributed by atoms with E-state index in [0.717, 1.165) is 44.9 Å². The van der Waals surface area contributed by atoms with Crippen LogP contribution in [0.3, 0.4) is 0 Å². The van der Waals surface area contributed by atoms with Crippen molar-refractivity contribution < 1.29 is 29.3 Å². The molecule has 0 unspecified atom stereocenters. The number of carbonyl (C=O) groups excluding carboxylic acids is 2. The fraction of sp³-hybridized carbons (Fsp3) is 0.917. The van der Waals surface area contributed by atoms with Gasteiger partial charge in [-0.2, -0.15) is 0 Å². The van der Waals surface area contributed by atoms with Crippen LogP contribution in [-0.4, -0.2) is 47.1 Å². The smallest absolute Gasteiger partial charge is 0.302 e. The topological polar surface area (TPSA) is 93.1 Å². The molecule has 4 aliphatic carbocycles. The van der Waals surface area contributed by atoms with Gasteiger partial charge >= 0.3 is 11.9 Å². The summed E-state index contributed by atoms with van der Waals surface area (Å²) in [6, 6.07) is 0. The van der Waals surface area contributed by atoms with Crippen molar-refractivity contribution in [2.24, 2.45) is 34.0 Å². The van der Waals surface area contributed by atoms with Crippen LogP contribution in [0.25, 0.3) is 0 Å². The maximum Gasteiger partial charge on any atom is 0.302 e. The molecule has 0 aromatic heterocycles. The maximum atomic E-state index is 11.5. The van der Waals surface area contributed by atoms with E-state index >= 15 is 0 Å². The van der Waals surface area contributed by atoms with Crippen molar-refractivity contribution in [1.82, 2.24) is 0 Å². The van der Waals surface area contributed by atoms with Crippen LogP contribution in [0.1, 0.15) is 79.1 Å². The Morgan fingerprint density at radius 2 is 1.60 bits per heavy atom. The Morgan fingerprint density at radius 1 is 0.933 bits per heavy atom. The normalized spacial score (nSPS) is 49.7. The van der Waals surface area contributed by atoms with Gasteiger partial charge in [-0.3, -0.25) is 9.59 Å². The summed E-state index contributed by atoms with van der Waals surface area (Å²) in [5, 5.41) is 22.3. The SMILES string of the molecule is CC(=O)OC[C@@]1(O)CC[C@]23C[C@H]1C[C@@H]2CC[C@H]1[C@](C)(COC(C)=O)[C@H](O)CC[C@@]13C. The second-order valence-electron chi connectivity index (χ2n) is 11.3. The standard InChI is InChI=1S/C24H38O6/c1-15(25)29-13-21(3)19-6-5-17-11-18-12-23(17,22(19,4)8-7-20(21)27)9-10-24(18,28)14-30-16(2)26/h17-20,27-28H,5-14H2,1-4H3/t17-,18+,19-,20+,21-,22-,23-,24-/m0/s1. The number of rotatable bonds is 4. The quantitative estimate of drug-likeness (QED) is 0.676. The second-order valence-corrected chi connectivity index (χ2v) is 11.3. The first kappa shape index (κ1) is 22.1. The number of hydrogen-bond acceptors (Lipinski definition) is 6. The number of carbonyl (C=O) groups is 2. The van der Waals surface area contributed by atoms with Crippen LogP contribution in [0.5, 0.6) is 0 Å². The number of hydrogen-bond donors (Lipinski definition) is 2. The van der Waals surface area contributed by atoms with Crippen LogP contribution in [0.15, 0.2) is 0 Å². The van der Waals surface area contributed by atoms with Crippen molar-refractivity contribution in [3.8, 4) is 0 Å². The molecule has 6 nitrogen and oxygen atoms in total. The predicted octanol–water partition coefficient (Wildman–Crippen LogP) is 3.23. The Labute approximate surface area is 179 Å². The average molecular weight is 423 g/mol. The fourth-order valence-electron chi connectivity index (χ4n) is 8.38. The van der Waals surface area contributed by atoms with E-state index in [1.54, 1.807) is 0 Å². The van der Waals surface area contributed by atoms with Gasteiger partial charge in [0.05, 0.1) is 12.7 Å². The van der Waals surface area contributed by atoms with E-state index < -0.39 is 17.1 Å². The number of aliphatic hydroxyl groups excluding tert-OH is 1. The summed E-state index contributed by atoms with van der Waals surface area (Å²) >= 11 is 0. The zero-order chi connectivity index (χ0) is 21.9. The first-order valence-electron chi connectivity index (χ1n) is 11.6. The first-order valence-corrected chi connectivity index (χ1v) is 11.6. The lowest BCUT2D eigenvalue weighted by Crippen LogP contribution is -2.63. The predicted molar refractivity (Wildman–Crippen MR) is 110 cm³/mol. The monoisotopic (exact) mass is 422 g/mol. The first-order chi connectivity index (χ1) is 14.0. The van der Waals surface area contributed by atoms with Crippen LogP contribution in [-0.2, 0) is 19.1 Å². The lowest BCUT2D eigenvalue weighted by Gasteiger charge is -2.66. The minimum Gasteiger partial charge on any atom is -0.465 e. The summed E-state index contributed by atoms with van der Waals surface area (Å²) in [5.41, 5.74) is -1.18. The Morgan fingerprint density at radius 3 is 2.27 bits per heavy atom. The van der Waals surface area contributed by atoms with Crippen LogP contribution >= 0.6 is 0 Å². The Kier molecular flexibility index (Phi) is 5.29. The largest absolute Gasteiger partial charge is 0.465 e. The van der Waals surface area contributed by atoms with Gasteiger partial charge in [0.25, 0.3) is 0 Å². The van der Waals surface area contributed by atoms with Crippen LogP contribution in [0.4, 0.5) is 0 Å². The van der Waals surface area contributed by atoms with Crippen molar-refractivity contribution in [3.05, 3.63) is 0 Å².